The van der Waals surface area contributed by atoms with Gasteiger partial charge in [-0.25, -0.2) is 0 Å². The molecule has 0 aliphatic carbocycles. The average molecular weight is 340 g/mol. The predicted molar refractivity (Wildman–Crippen MR) is 88.9 cm³/mol. The summed E-state index contributed by atoms with van der Waals surface area (Å²) in [7, 11) is 0. The minimum Gasteiger partial charge on any atom is -0.481 e. The van der Waals surface area contributed by atoms with E-state index in [0.717, 1.165) is 10.6 Å². The summed E-state index contributed by atoms with van der Waals surface area (Å²) in [5.74, 6) is 0.654. The van der Waals surface area contributed by atoms with Gasteiger partial charge in [0.1, 0.15) is 10.8 Å². The second-order valence-electron chi connectivity index (χ2n) is 5.26. The molecule has 0 aliphatic heterocycles. The van der Waals surface area contributed by atoms with Crippen LogP contribution in [0.4, 0.5) is 5.13 Å². The Balaban J connectivity index is 1.99. The number of carbonyl (C=O) groups is 1. The molecule has 0 saturated carbocycles. The Hall–Kier alpha value is -1.66. The third kappa shape index (κ3) is 4.18. The molecule has 1 amide bonds. The van der Waals surface area contributed by atoms with Gasteiger partial charge in [-0.15, -0.1) is 10.2 Å². The first-order valence-corrected chi connectivity index (χ1v) is 8.13. The standard InChI is InChI=1S/C15H18ClN3O2S/c1-8(2)14-18-19-15(22-14)17-13(20)10(4)21-12-6-5-11(16)7-9(12)3/h5-8,10H,1-4H3,(H,17,19,20). The molecule has 1 atom stereocenters. The summed E-state index contributed by atoms with van der Waals surface area (Å²) < 4.78 is 5.67. The van der Waals surface area contributed by atoms with Crippen LogP contribution in [0, 0.1) is 6.92 Å². The molecule has 1 heterocycles. The topological polar surface area (TPSA) is 64.1 Å². The van der Waals surface area contributed by atoms with Gasteiger partial charge in [0.2, 0.25) is 5.13 Å². The summed E-state index contributed by atoms with van der Waals surface area (Å²) in [5.41, 5.74) is 0.880. The van der Waals surface area contributed by atoms with E-state index in [4.69, 9.17) is 16.3 Å². The highest BCUT2D eigenvalue weighted by Gasteiger charge is 2.18. The number of hydrogen-bond donors (Lipinski definition) is 1. The summed E-state index contributed by atoms with van der Waals surface area (Å²) in [6.45, 7) is 7.63. The summed E-state index contributed by atoms with van der Waals surface area (Å²) in [6, 6.07) is 5.28. The molecule has 0 aliphatic rings. The Labute approximate surface area is 138 Å². The minimum absolute atomic E-state index is 0.263. The zero-order valence-electron chi connectivity index (χ0n) is 12.9. The van der Waals surface area contributed by atoms with Crippen molar-refractivity contribution in [3.05, 3.63) is 33.8 Å². The van der Waals surface area contributed by atoms with Gasteiger partial charge in [-0.2, -0.15) is 0 Å². The second kappa shape index (κ2) is 7.07. The number of carbonyl (C=O) groups excluding carboxylic acids is 1. The number of amides is 1. The van der Waals surface area contributed by atoms with Gasteiger partial charge in [0.15, 0.2) is 6.10 Å². The molecule has 1 aromatic heterocycles. The number of aryl methyl sites for hydroxylation is 1. The SMILES string of the molecule is Cc1cc(Cl)ccc1OC(C)C(=O)Nc1nnc(C(C)C)s1. The Morgan fingerprint density at radius 2 is 2.05 bits per heavy atom. The molecule has 7 heteroatoms. The Bertz CT molecular complexity index is 673. The van der Waals surface area contributed by atoms with E-state index < -0.39 is 6.10 Å². The molecule has 5 nitrogen and oxygen atoms in total. The smallest absolute Gasteiger partial charge is 0.266 e. The van der Waals surface area contributed by atoms with Gasteiger partial charge in [0, 0.05) is 10.9 Å². The molecule has 2 rings (SSSR count). The lowest BCUT2D eigenvalue weighted by Gasteiger charge is -2.15. The molecule has 0 fully saturated rings. The van der Waals surface area contributed by atoms with E-state index in [1.165, 1.54) is 11.3 Å². The highest BCUT2D eigenvalue weighted by molar-refractivity contribution is 7.15. The van der Waals surface area contributed by atoms with Gasteiger partial charge in [0.25, 0.3) is 5.91 Å². The first-order chi connectivity index (χ1) is 10.4. The predicted octanol–water partition coefficient (Wildman–Crippen LogP) is 4.03. The highest BCUT2D eigenvalue weighted by atomic mass is 35.5. The molecule has 0 saturated heterocycles. The van der Waals surface area contributed by atoms with Crippen LogP contribution in [0.25, 0.3) is 0 Å². The van der Waals surface area contributed by atoms with Crippen LogP contribution >= 0.6 is 22.9 Å². The van der Waals surface area contributed by atoms with Crippen LogP contribution in [0.5, 0.6) is 5.75 Å². The highest BCUT2D eigenvalue weighted by Crippen LogP contribution is 2.24. The molecular formula is C15H18ClN3O2S. The number of nitrogens with zero attached hydrogens (tertiary/aromatic N) is 2. The van der Waals surface area contributed by atoms with E-state index >= 15 is 0 Å². The molecule has 0 spiro atoms. The van der Waals surface area contributed by atoms with Crippen molar-refractivity contribution >= 4 is 34.0 Å². The average Bonchev–Trinajstić information content (AvgIpc) is 2.90. The first-order valence-electron chi connectivity index (χ1n) is 6.94. The maximum atomic E-state index is 12.2. The van der Waals surface area contributed by atoms with Crippen molar-refractivity contribution in [3.8, 4) is 5.75 Å². The van der Waals surface area contributed by atoms with Gasteiger partial charge in [-0.05, 0) is 37.6 Å². The van der Waals surface area contributed by atoms with E-state index in [0.29, 0.717) is 15.9 Å². The molecule has 1 aromatic carbocycles. The van der Waals surface area contributed by atoms with Gasteiger partial charge in [-0.1, -0.05) is 36.8 Å². The van der Waals surface area contributed by atoms with Crippen molar-refractivity contribution in [2.75, 3.05) is 5.32 Å². The molecule has 22 heavy (non-hydrogen) atoms. The Morgan fingerprint density at radius 3 is 2.64 bits per heavy atom. The number of ether oxygens (including phenoxy) is 1. The van der Waals surface area contributed by atoms with Gasteiger partial charge in [0.05, 0.1) is 0 Å². The van der Waals surface area contributed by atoms with E-state index in [-0.39, 0.29) is 11.8 Å². The summed E-state index contributed by atoms with van der Waals surface area (Å²) >= 11 is 7.27. The monoisotopic (exact) mass is 339 g/mol. The summed E-state index contributed by atoms with van der Waals surface area (Å²) in [6.07, 6.45) is -0.647. The van der Waals surface area contributed by atoms with E-state index in [9.17, 15) is 4.79 Å². The fraction of sp³-hybridized carbons (Fsp3) is 0.400. The van der Waals surface area contributed by atoms with Gasteiger partial charge in [-0.3, -0.25) is 10.1 Å². The van der Waals surface area contributed by atoms with Crippen molar-refractivity contribution in [2.45, 2.75) is 39.7 Å². The third-order valence-electron chi connectivity index (χ3n) is 2.97. The quantitative estimate of drug-likeness (QED) is 0.893. The molecule has 1 N–H and O–H groups in total. The molecular weight excluding hydrogens is 322 g/mol. The number of hydrogen-bond acceptors (Lipinski definition) is 5. The van der Waals surface area contributed by atoms with Crippen LogP contribution in [0.15, 0.2) is 18.2 Å². The normalized spacial score (nSPS) is 12.3. The van der Waals surface area contributed by atoms with Crippen LogP contribution < -0.4 is 10.1 Å². The lowest BCUT2D eigenvalue weighted by molar-refractivity contribution is -0.122. The van der Waals surface area contributed by atoms with E-state index in [1.807, 2.05) is 20.8 Å². The molecule has 1 unspecified atom stereocenters. The summed E-state index contributed by atoms with van der Waals surface area (Å²) in [4.78, 5) is 12.2. The number of rotatable bonds is 5. The second-order valence-corrected chi connectivity index (χ2v) is 6.70. The van der Waals surface area contributed by atoms with E-state index in [1.54, 1.807) is 25.1 Å². The number of nitrogens with one attached hydrogen (secondary N) is 1. The summed E-state index contributed by atoms with van der Waals surface area (Å²) in [5, 5.41) is 12.7. The molecule has 0 bridgehead atoms. The van der Waals surface area contributed by atoms with Crippen molar-refractivity contribution in [3.63, 3.8) is 0 Å². The lowest BCUT2D eigenvalue weighted by Crippen LogP contribution is -2.30. The van der Waals surface area contributed by atoms with Gasteiger partial charge >= 0.3 is 0 Å². The molecule has 118 valence electrons. The fourth-order valence-corrected chi connectivity index (χ4v) is 2.69. The van der Waals surface area contributed by atoms with Crippen LogP contribution in [0.2, 0.25) is 5.02 Å². The van der Waals surface area contributed by atoms with E-state index in [2.05, 4.69) is 15.5 Å². The first kappa shape index (κ1) is 16.7. The number of benzene rings is 1. The zero-order valence-corrected chi connectivity index (χ0v) is 14.5. The lowest BCUT2D eigenvalue weighted by atomic mass is 10.2. The Morgan fingerprint density at radius 1 is 1.32 bits per heavy atom. The Kier molecular flexibility index (Phi) is 5.37. The van der Waals surface area contributed by atoms with Crippen molar-refractivity contribution in [1.29, 1.82) is 0 Å². The van der Waals surface area contributed by atoms with Crippen molar-refractivity contribution in [1.82, 2.24) is 10.2 Å². The maximum absolute atomic E-state index is 12.2. The van der Waals surface area contributed by atoms with Crippen LogP contribution in [0.1, 0.15) is 37.3 Å². The minimum atomic E-state index is -0.647. The van der Waals surface area contributed by atoms with Crippen LogP contribution in [-0.4, -0.2) is 22.2 Å². The maximum Gasteiger partial charge on any atom is 0.266 e. The molecule has 2 aromatic rings. The third-order valence-corrected chi connectivity index (χ3v) is 4.35. The van der Waals surface area contributed by atoms with Crippen LogP contribution in [-0.2, 0) is 4.79 Å². The number of anilines is 1. The van der Waals surface area contributed by atoms with Gasteiger partial charge < -0.3 is 4.74 Å². The number of halogens is 1. The van der Waals surface area contributed by atoms with Crippen molar-refractivity contribution in [2.24, 2.45) is 0 Å². The zero-order chi connectivity index (χ0) is 16.3. The fourth-order valence-electron chi connectivity index (χ4n) is 1.71. The van der Waals surface area contributed by atoms with Crippen molar-refractivity contribution < 1.29 is 9.53 Å². The number of aromatic nitrogens is 2. The largest absolute Gasteiger partial charge is 0.481 e. The molecule has 0 radical (unpaired) electrons. The van der Waals surface area contributed by atoms with Crippen LogP contribution in [0.3, 0.4) is 0 Å².